The third kappa shape index (κ3) is 6.23. The Hall–Kier alpha value is 0.130. The number of carbonyl (C=O) groups excluding carboxylic acids is 1. The minimum absolute atomic E-state index is 0.0510. The van der Waals surface area contributed by atoms with Crippen molar-refractivity contribution in [3.05, 3.63) is 0 Å². The molecule has 0 radical (unpaired) electrons. The molecular weight excluding hydrogens is 206 g/mol. The molecule has 0 fully saturated rings. The van der Waals surface area contributed by atoms with Crippen molar-refractivity contribution in [3.8, 4) is 0 Å². The number of carbonyl (C=O) groups is 1. The maximum Gasteiger partial charge on any atom is 0.224 e. The van der Waals surface area contributed by atoms with Gasteiger partial charge in [-0.25, -0.2) is 0 Å². The maximum atomic E-state index is 11.4. The summed E-state index contributed by atoms with van der Waals surface area (Å²) in [5.74, 6) is 1.05. The summed E-state index contributed by atoms with van der Waals surface area (Å²) in [5.41, 5.74) is 0. The van der Waals surface area contributed by atoms with Crippen LogP contribution in [0.15, 0.2) is 0 Å². The van der Waals surface area contributed by atoms with Gasteiger partial charge in [0, 0.05) is 18.2 Å². The second-order valence-corrected chi connectivity index (χ2v) is 3.80. The van der Waals surface area contributed by atoms with Crippen LogP contribution in [0.25, 0.3) is 0 Å². The molecule has 0 aliphatic rings. The number of amides is 1. The maximum absolute atomic E-state index is 11.4. The van der Waals surface area contributed by atoms with Crippen molar-refractivity contribution in [2.24, 2.45) is 5.92 Å². The third-order valence-electron chi connectivity index (χ3n) is 1.64. The highest BCUT2D eigenvalue weighted by atomic mass is 32.1. The van der Waals surface area contributed by atoms with Crippen LogP contribution in [0, 0.1) is 5.92 Å². The molecule has 0 aromatic rings. The molecule has 2 unspecified atom stereocenters. The van der Waals surface area contributed by atoms with Crippen LogP contribution in [0.5, 0.6) is 0 Å². The van der Waals surface area contributed by atoms with Crippen LogP contribution >= 0.6 is 25.3 Å². The Morgan fingerprint density at radius 3 is 2.54 bits per heavy atom. The van der Waals surface area contributed by atoms with E-state index in [0.717, 1.165) is 6.42 Å². The molecule has 2 atom stereocenters. The van der Waals surface area contributed by atoms with Crippen molar-refractivity contribution in [1.29, 1.82) is 0 Å². The van der Waals surface area contributed by atoms with Gasteiger partial charge in [-0.3, -0.25) is 4.79 Å². The molecule has 0 saturated heterocycles. The number of aliphatic hydroxyl groups excluding tert-OH is 1. The minimum atomic E-state index is -0.500. The summed E-state index contributed by atoms with van der Waals surface area (Å²) in [4.78, 5) is 11.4. The first kappa shape index (κ1) is 13.1. The van der Waals surface area contributed by atoms with Gasteiger partial charge in [0.1, 0.15) is 0 Å². The fourth-order valence-electron chi connectivity index (χ4n) is 0.854. The Balaban J connectivity index is 3.77. The van der Waals surface area contributed by atoms with Crippen LogP contribution in [-0.2, 0) is 4.79 Å². The van der Waals surface area contributed by atoms with Gasteiger partial charge in [0.2, 0.25) is 5.91 Å². The van der Waals surface area contributed by atoms with Crippen molar-refractivity contribution in [2.45, 2.75) is 19.4 Å². The number of thiol groups is 2. The van der Waals surface area contributed by atoms with E-state index in [1.54, 1.807) is 6.92 Å². The van der Waals surface area contributed by atoms with Gasteiger partial charge in [0.15, 0.2) is 0 Å². The highest BCUT2D eigenvalue weighted by Gasteiger charge is 2.15. The highest BCUT2D eigenvalue weighted by Crippen LogP contribution is 2.06. The van der Waals surface area contributed by atoms with E-state index in [2.05, 4.69) is 30.6 Å². The number of hydrogen-bond donors (Lipinski definition) is 4. The normalized spacial score (nSPS) is 15.1. The van der Waals surface area contributed by atoms with Crippen LogP contribution in [0.4, 0.5) is 0 Å². The summed E-state index contributed by atoms with van der Waals surface area (Å²) in [6, 6.07) is 0. The van der Waals surface area contributed by atoms with Gasteiger partial charge in [-0.15, -0.1) is 0 Å². The summed E-state index contributed by atoms with van der Waals surface area (Å²) in [7, 11) is 0. The standard InChI is InChI=1S/C8H17NO2S2/c1-6(10)4-9-8(11)7(5-13)2-3-12/h6-7,10,12-13H,2-5H2,1H3,(H,9,11). The second kappa shape index (κ2) is 7.53. The molecule has 3 nitrogen and oxygen atoms in total. The van der Waals surface area contributed by atoms with Gasteiger partial charge >= 0.3 is 0 Å². The van der Waals surface area contributed by atoms with E-state index in [4.69, 9.17) is 5.11 Å². The molecule has 78 valence electrons. The summed E-state index contributed by atoms with van der Waals surface area (Å²) in [5, 5.41) is 11.6. The van der Waals surface area contributed by atoms with Gasteiger partial charge in [0.05, 0.1) is 6.10 Å². The van der Waals surface area contributed by atoms with E-state index in [-0.39, 0.29) is 11.8 Å². The molecule has 0 heterocycles. The summed E-state index contributed by atoms with van der Waals surface area (Å²) >= 11 is 8.13. The van der Waals surface area contributed by atoms with E-state index < -0.39 is 6.10 Å². The van der Waals surface area contributed by atoms with E-state index >= 15 is 0 Å². The van der Waals surface area contributed by atoms with Crippen molar-refractivity contribution in [3.63, 3.8) is 0 Å². The van der Waals surface area contributed by atoms with Gasteiger partial charge in [-0.2, -0.15) is 25.3 Å². The molecule has 0 aliphatic heterocycles. The van der Waals surface area contributed by atoms with Crippen molar-refractivity contribution in [1.82, 2.24) is 5.32 Å². The summed E-state index contributed by atoms with van der Waals surface area (Å²) < 4.78 is 0. The number of rotatable bonds is 6. The predicted molar refractivity (Wildman–Crippen MR) is 60.5 cm³/mol. The smallest absolute Gasteiger partial charge is 0.224 e. The Bertz CT molecular complexity index is 153. The zero-order chi connectivity index (χ0) is 10.3. The average molecular weight is 223 g/mol. The van der Waals surface area contributed by atoms with Crippen LogP contribution in [0.3, 0.4) is 0 Å². The molecule has 1 amide bonds. The molecule has 0 rings (SSSR count). The third-order valence-corrected chi connectivity index (χ3v) is 2.34. The highest BCUT2D eigenvalue weighted by molar-refractivity contribution is 7.80. The first-order chi connectivity index (χ1) is 6.11. The van der Waals surface area contributed by atoms with E-state index in [1.165, 1.54) is 0 Å². The molecule has 0 bridgehead atoms. The Labute approximate surface area is 90.1 Å². The Morgan fingerprint density at radius 1 is 1.54 bits per heavy atom. The molecule has 0 saturated carbocycles. The van der Waals surface area contributed by atoms with Gasteiger partial charge in [-0.05, 0) is 19.1 Å². The molecule has 0 aliphatic carbocycles. The van der Waals surface area contributed by atoms with E-state index in [9.17, 15) is 4.79 Å². The fraction of sp³-hybridized carbons (Fsp3) is 0.875. The monoisotopic (exact) mass is 223 g/mol. The molecule has 5 heteroatoms. The van der Waals surface area contributed by atoms with Crippen molar-refractivity contribution < 1.29 is 9.90 Å². The molecule has 13 heavy (non-hydrogen) atoms. The van der Waals surface area contributed by atoms with Gasteiger partial charge < -0.3 is 10.4 Å². The molecular formula is C8H17NO2S2. The lowest BCUT2D eigenvalue weighted by Crippen LogP contribution is -2.36. The molecule has 0 spiro atoms. The average Bonchev–Trinajstić information content (AvgIpc) is 2.10. The van der Waals surface area contributed by atoms with Crippen molar-refractivity contribution >= 4 is 31.2 Å². The minimum Gasteiger partial charge on any atom is -0.392 e. The van der Waals surface area contributed by atoms with Crippen LogP contribution in [0.2, 0.25) is 0 Å². The predicted octanol–water partition coefficient (Wildman–Crippen LogP) is 0.349. The number of nitrogens with one attached hydrogen (secondary N) is 1. The lowest BCUT2D eigenvalue weighted by atomic mass is 10.1. The zero-order valence-corrected chi connectivity index (χ0v) is 9.52. The molecule has 0 aromatic heterocycles. The van der Waals surface area contributed by atoms with E-state index in [0.29, 0.717) is 18.1 Å². The molecule has 0 aromatic carbocycles. The topological polar surface area (TPSA) is 49.3 Å². The Kier molecular flexibility index (Phi) is 7.60. The first-order valence-electron chi connectivity index (χ1n) is 4.29. The second-order valence-electron chi connectivity index (χ2n) is 2.99. The lowest BCUT2D eigenvalue weighted by molar-refractivity contribution is -0.124. The van der Waals surface area contributed by atoms with Gasteiger partial charge in [0.25, 0.3) is 0 Å². The van der Waals surface area contributed by atoms with Crippen LogP contribution < -0.4 is 5.32 Å². The van der Waals surface area contributed by atoms with Gasteiger partial charge in [-0.1, -0.05) is 0 Å². The van der Waals surface area contributed by atoms with E-state index in [1.807, 2.05) is 0 Å². The zero-order valence-electron chi connectivity index (χ0n) is 7.73. The van der Waals surface area contributed by atoms with Crippen LogP contribution in [0.1, 0.15) is 13.3 Å². The summed E-state index contributed by atoms with van der Waals surface area (Å²) in [6.07, 6.45) is 0.221. The fourth-order valence-corrected chi connectivity index (χ4v) is 1.51. The number of hydrogen-bond acceptors (Lipinski definition) is 4. The lowest BCUT2D eigenvalue weighted by Gasteiger charge is -2.14. The quantitative estimate of drug-likeness (QED) is 0.491. The first-order valence-corrected chi connectivity index (χ1v) is 5.55. The largest absolute Gasteiger partial charge is 0.392 e. The SMILES string of the molecule is CC(O)CNC(=O)C(CS)CCS. The number of aliphatic hydroxyl groups is 1. The molecule has 2 N–H and O–H groups in total. The summed E-state index contributed by atoms with van der Waals surface area (Å²) in [6.45, 7) is 1.93. The van der Waals surface area contributed by atoms with Crippen LogP contribution in [-0.4, -0.2) is 35.2 Å². The van der Waals surface area contributed by atoms with Crippen molar-refractivity contribution in [2.75, 3.05) is 18.1 Å². The Morgan fingerprint density at radius 2 is 2.15 bits per heavy atom.